The maximum atomic E-state index is 11.1. The van der Waals surface area contributed by atoms with Crippen LogP contribution in [0.1, 0.15) is 24.5 Å². The van der Waals surface area contributed by atoms with E-state index in [2.05, 4.69) is 25.0 Å². The highest BCUT2D eigenvalue weighted by molar-refractivity contribution is 7.13. The first-order chi connectivity index (χ1) is 8.69. The van der Waals surface area contributed by atoms with E-state index in [1.54, 1.807) is 12.4 Å². The molecule has 0 saturated heterocycles. The molecular formula is C11H14N4O2S. The van der Waals surface area contributed by atoms with Gasteiger partial charge in [0.25, 0.3) is 0 Å². The third-order valence-electron chi connectivity index (χ3n) is 2.37. The summed E-state index contributed by atoms with van der Waals surface area (Å²) >= 11 is 1.46. The van der Waals surface area contributed by atoms with Gasteiger partial charge in [0.2, 0.25) is 0 Å². The number of imidazole rings is 1. The predicted octanol–water partition coefficient (Wildman–Crippen LogP) is 1.75. The first kappa shape index (κ1) is 12.6. The number of aromatic amines is 1. The number of methoxy groups -OCH3 is 1. The molecule has 0 saturated carbocycles. The number of carbonyl (C=O) groups is 1. The largest absolute Gasteiger partial charge is 0.469 e. The van der Waals surface area contributed by atoms with Gasteiger partial charge in [0.1, 0.15) is 5.82 Å². The van der Waals surface area contributed by atoms with Crippen LogP contribution in [0.15, 0.2) is 17.8 Å². The second kappa shape index (κ2) is 5.63. The average Bonchev–Trinajstić information content (AvgIpc) is 3.00. The fourth-order valence-corrected chi connectivity index (χ4v) is 2.24. The Morgan fingerprint density at radius 1 is 1.67 bits per heavy atom. The maximum absolute atomic E-state index is 11.1. The quantitative estimate of drug-likeness (QED) is 0.806. The first-order valence-electron chi connectivity index (χ1n) is 5.46. The monoisotopic (exact) mass is 266 g/mol. The second-order valence-corrected chi connectivity index (χ2v) is 4.60. The lowest BCUT2D eigenvalue weighted by atomic mass is 10.3. The normalized spacial score (nSPS) is 12.1. The van der Waals surface area contributed by atoms with Crippen molar-refractivity contribution in [1.82, 2.24) is 15.0 Å². The fraction of sp³-hybridized carbons (Fsp3) is 0.364. The number of hydrogen-bond donors (Lipinski definition) is 2. The number of anilines is 1. The summed E-state index contributed by atoms with van der Waals surface area (Å²) in [5, 5.41) is 5.82. The van der Waals surface area contributed by atoms with Crippen molar-refractivity contribution in [3.8, 4) is 0 Å². The molecule has 2 aromatic heterocycles. The Hall–Kier alpha value is -1.89. The van der Waals surface area contributed by atoms with Crippen LogP contribution in [-0.4, -0.2) is 28.0 Å². The third-order valence-corrected chi connectivity index (χ3v) is 3.20. The molecule has 0 fully saturated rings. The highest BCUT2D eigenvalue weighted by Crippen LogP contribution is 2.21. The molecule has 0 radical (unpaired) electrons. The number of esters is 1. The molecule has 7 heteroatoms. The zero-order valence-corrected chi connectivity index (χ0v) is 11.0. The van der Waals surface area contributed by atoms with Crippen LogP contribution < -0.4 is 5.32 Å². The summed E-state index contributed by atoms with van der Waals surface area (Å²) in [6, 6.07) is 0.0390. The number of carbonyl (C=O) groups excluding carboxylic acids is 1. The first-order valence-corrected chi connectivity index (χ1v) is 6.34. The molecule has 0 bridgehead atoms. The molecule has 0 aliphatic rings. The van der Waals surface area contributed by atoms with Gasteiger partial charge in [0.15, 0.2) is 5.13 Å². The van der Waals surface area contributed by atoms with E-state index in [0.717, 1.165) is 11.0 Å². The number of H-pyrrole nitrogens is 1. The molecule has 6 nitrogen and oxygen atoms in total. The van der Waals surface area contributed by atoms with Crippen molar-refractivity contribution in [2.45, 2.75) is 19.4 Å². The predicted molar refractivity (Wildman–Crippen MR) is 68.5 cm³/mol. The number of nitrogens with one attached hydrogen (secondary N) is 2. The van der Waals surface area contributed by atoms with Crippen LogP contribution in [-0.2, 0) is 16.0 Å². The lowest BCUT2D eigenvalue weighted by Gasteiger charge is -2.09. The van der Waals surface area contributed by atoms with Crippen molar-refractivity contribution in [3.05, 3.63) is 29.3 Å². The number of rotatable bonds is 5. The minimum atomic E-state index is -0.286. The van der Waals surface area contributed by atoms with Gasteiger partial charge >= 0.3 is 5.97 Å². The molecule has 0 aromatic carbocycles. The van der Waals surface area contributed by atoms with Crippen molar-refractivity contribution >= 4 is 22.4 Å². The van der Waals surface area contributed by atoms with E-state index in [9.17, 15) is 4.79 Å². The van der Waals surface area contributed by atoms with Crippen molar-refractivity contribution in [2.24, 2.45) is 0 Å². The number of hydrogen-bond acceptors (Lipinski definition) is 6. The Balaban J connectivity index is 1.96. The number of aromatic nitrogens is 3. The second-order valence-electron chi connectivity index (χ2n) is 3.74. The van der Waals surface area contributed by atoms with Crippen LogP contribution in [0.25, 0.3) is 0 Å². The zero-order chi connectivity index (χ0) is 13.0. The van der Waals surface area contributed by atoms with E-state index in [1.807, 2.05) is 12.3 Å². The van der Waals surface area contributed by atoms with Crippen molar-refractivity contribution < 1.29 is 9.53 Å². The summed E-state index contributed by atoms with van der Waals surface area (Å²) in [4.78, 5) is 22.6. The standard InChI is InChI=1S/C11H14N4O2S/c1-7(10-12-3-4-13-10)14-11-15-8(6-18-11)5-9(16)17-2/h3-4,6-7H,5H2,1-2H3,(H,12,13)(H,14,15). The smallest absolute Gasteiger partial charge is 0.311 e. The fourth-order valence-electron chi connectivity index (χ4n) is 1.44. The molecule has 18 heavy (non-hydrogen) atoms. The van der Waals surface area contributed by atoms with Gasteiger partial charge in [-0.05, 0) is 6.92 Å². The van der Waals surface area contributed by atoms with Gasteiger partial charge in [-0.25, -0.2) is 9.97 Å². The molecule has 0 spiro atoms. The number of ether oxygens (including phenoxy) is 1. The number of nitrogens with zero attached hydrogens (tertiary/aromatic N) is 2. The lowest BCUT2D eigenvalue weighted by Crippen LogP contribution is -2.09. The summed E-state index contributed by atoms with van der Waals surface area (Å²) in [6.45, 7) is 1.99. The summed E-state index contributed by atoms with van der Waals surface area (Å²) in [5.41, 5.74) is 0.709. The van der Waals surface area contributed by atoms with Gasteiger partial charge in [-0.3, -0.25) is 4.79 Å². The van der Waals surface area contributed by atoms with Crippen LogP contribution in [0.3, 0.4) is 0 Å². The molecule has 2 aromatic rings. The lowest BCUT2D eigenvalue weighted by molar-refractivity contribution is -0.139. The van der Waals surface area contributed by atoms with E-state index in [4.69, 9.17) is 0 Å². The molecule has 2 heterocycles. The molecule has 2 rings (SSSR count). The van der Waals surface area contributed by atoms with E-state index < -0.39 is 0 Å². The summed E-state index contributed by atoms with van der Waals surface area (Å²) in [6.07, 6.45) is 3.68. The molecule has 96 valence electrons. The van der Waals surface area contributed by atoms with E-state index in [1.165, 1.54) is 18.4 Å². The topological polar surface area (TPSA) is 79.9 Å². The SMILES string of the molecule is COC(=O)Cc1csc(NC(C)c2ncc[nH]2)n1. The third kappa shape index (κ3) is 3.07. The minimum Gasteiger partial charge on any atom is -0.469 e. The van der Waals surface area contributed by atoms with Crippen LogP contribution in [0.4, 0.5) is 5.13 Å². The number of thiazole rings is 1. The zero-order valence-electron chi connectivity index (χ0n) is 10.1. The molecule has 1 unspecified atom stereocenters. The van der Waals surface area contributed by atoms with E-state index in [0.29, 0.717) is 5.69 Å². The Labute approximate surface area is 108 Å². The van der Waals surface area contributed by atoms with Crippen LogP contribution in [0, 0.1) is 0 Å². The summed E-state index contributed by atoms with van der Waals surface area (Å²) < 4.78 is 4.59. The van der Waals surface area contributed by atoms with Gasteiger partial charge in [-0.2, -0.15) is 0 Å². The van der Waals surface area contributed by atoms with E-state index >= 15 is 0 Å². The van der Waals surface area contributed by atoms with Gasteiger partial charge in [-0.1, -0.05) is 0 Å². The maximum Gasteiger partial charge on any atom is 0.311 e. The van der Waals surface area contributed by atoms with Crippen molar-refractivity contribution in [2.75, 3.05) is 12.4 Å². The summed E-state index contributed by atoms with van der Waals surface area (Å²) in [7, 11) is 1.37. The Bertz CT molecular complexity index is 509. The molecule has 2 N–H and O–H groups in total. The summed E-state index contributed by atoms with van der Waals surface area (Å²) in [5.74, 6) is 0.561. The van der Waals surface area contributed by atoms with Gasteiger partial charge < -0.3 is 15.0 Å². The molecule has 0 amide bonds. The van der Waals surface area contributed by atoms with Gasteiger partial charge in [-0.15, -0.1) is 11.3 Å². The average molecular weight is 266 g/mol. The molecule has 1 atom stereocenters. The minimum absolute atomic E-state index is 0.0390. The van der Waals surface area contributed by atoms with Crippen molar-refractivity contribution in [1.29, 1.82) is 0 Å². The highest BCUT2D eigenvalue weighted by atomic mass is 32.1. The molecular weight excluding hydrogens is 252 g/mol. The van der Waals surface area contributed by atoms with Crippen LogP contribution in [0.2, 0.25) is 0 Å². The molecule has 0 aliphatic heterocycles. The molecule has 0 aliphatic carbocycles. The van der Waals surface area contributed by atoms with Crippen LogP contribution in [0.5, 0.6) is 0 Å². The van der Waals surface area contributed by atoms with Gasteiger partial charge in [0, 0.05) is 17.8 Å². The Morgan fingerprint density at radius 3 is 3.17 bits per heavy atom. The van der Waals surface area contributed by atoms with E-state index in [-0.39, 0.29) is 18.4 Å². The highest BCUT2D eigenvalue weighted by Gasteiger charge is 2.11. The van der Waals surface area contributed by atoms with Crippen molar-refractivity contribution in [3.63, 3.8) is 0 Å². The Morgan fingerprint density at radius 2 is 2.50 bits per heavy atom. The van der Waals surface area contributed by atoms with Crippen LogP contribution >= 0.6 is 11.3 Å². The van der Waals surface area contributed by atoms with Gasteiger partial charge in [0.05, 0.1) is 25.3 Å². The Kier molecular flexibility index (Phi) is 3.93.